The van der Waals surface area contributed by atoms with Crippen molar-refractivity contribution in [2.45, 2.75) is 19.4 Å². The highest BCUT2D eigenvalue weighted by Crippen LogP contribution is 2.16. The van der Waals surface area contributed by atoms with E-state index in [-0.39, 0.29) is 6.10 Å². The smallest absolute Gasteiger partial charge is 0.170 e. The molecule has 24 heavy (non-hydrogen) atoms. The maximum Gasteiger partial charge on any atom is 0.170 e. The van der Waals surface area contributed by atoms with Crippen LogP contribution in [0.3, 0.4) is 0 Å². The van der Waals surface area contributed by atoms with Gasteiger partial charge in [0.1, 0.15) is 5.75 Å². The molecule has 5 heteroatoms. The summed E-state index contributed by atoms with van der Waals surface area (Å²) < 4.78 is 11.0. The van der Waals surface area contributed by atoms with Gasteiger partial charge >= 0.3 is 0 Å². The van der Waals surface area contributed by atoms with Crippen LogP contribution in [0, 0.1) is 0 Å². The summed E-state index contributed by atoms with van der Waals surface area (Å²) in [4.78, 5) is 0. The molecule has 2 aromatic rings. The molecule has 1 atom stereocenters. The minimum Gasteiger partial charge on any atom is -0.497 e. The molecule has 0 amide bonds. The minimum absolute atomic E-state index is 0.107. The molecule has 0 fully saturated rings. The van der Waals surface area contributed by atoms with Crippen molar-refractivity contribution >= 4 is 23.0 Å². The Labute approximate surface area is 149 Å². The monoisotopic (exact) mass is 344 g/mol. The van der Waals surface area contributed by atoms with Gasteiger partial charge in [0, 0.05) is 18.8 Å². The van der Waals surface area contributed by atoms with Crippen molar-refractivity contribution in [3.63, 3.8) is 0 Å². The zero-order valence-corrected chi connectivity index (χ0v) is 14.9. The highest BCUT2D eigenvalue weighted by Gasteiger charge is 2.04. The van der Waals surface area contributed by atoms with Crippen LogP contribution in [0.25, 0.3) is 0 Å². The van der Waals surface area contributed by atoms with Crippen molar-refractivity contribution < 1.29 is 9.47 Å². The van der Waals surface area contributed by atoms with Crippen LogP contribution in [0.5, 0.6) is 5.75 Å². The SMILES string of the molecule is COc1ccc(NC(=S)NCCCO[C@H](C)c2ccccc2)cc1. The van der Waals surface area contributed by atoms with E-state index in [1.165, 1.54) is 5.56 Å². The lowest BCUT2D eigenvalue weighted by Gasteiger charge is -2.14. The summed E-state index contributed by atoms with van der Waals surface area (Å²) in [6, 6.07) is 17.9. The topological polar surface area (TPSA) is 42.5 Å². The van der Waals surface area contributed by atoms with E-state index in [2.05, 4.69) is 29.7 Å². The van der Waals surface area contributed by atoms with Gasteiger partial charge in [-0.2, -0.15) is 0 Å². The van der Waals surface area contributed by atoms with E-state index in [9.17, 15) is 0 Å². The predicted octanol–water partition coefficient (Wildman–Crippen LogP) is 4.15. The van der Waals surface area contributed by atoms with E-state index in [1.54, 1.807) is 7.11 Å². The Bertz CT molecular complexity index is 617. The standard InChI is InChI=1S/C19H24N2O2S/c1-15(16-7-4-3-5-8-16)23-14-6-13-20-19(24)21-17-9-11-18(22-2)12-10-17/h3-5,7-12,15H,6,13-14H2,1-2H3,(H2,20,21,24)/t15-/m1/s1. The first kappa shape index (κ1) is 18.2. The zero-order valence-electron chi connectivity index (χ0n) is 14.1. The van der Waals surface area contributed by atoms with Crippen LogP contribution in [0.4, 0.5) is 5.69 Å². The number of anilines is 1. The molecule has 0 spiro atoms. The Morgan fingerprint density at radius 3 is 2.46 bits per heavy atom. The lowest BCUT2D eigenvalue weighted by atomic mass is 10.1. The van der Waals surface area contributed by atoms with Crippen LogP contribution < -0.4 is 15.4 Å². The van der Waals surface area contributed by atoms with Crippen LogP contribution >= 0.6 is 12.2 Å². The number of hydrogen-bond acceptors (Lipinski definition) is 3. The van der Waals surface area contributed by atoms with E-state index in [1.807, 2.05) is 42.5 Å². The van der Waals surface area contributed by atoms with E-state index in [0.717, 1.165) is 24.4 Å². The number of ether oxygens (including phenoxy) is 2. The van der Waals surface area contributed by atoms with E-state index < -0.39 is 0 Å². The van der Waals surface area contributed by atoms with Gasteiger partial charge in [-0.25, -0.2) is 0 Å². The molecule has 0 aliphatic rings. The highest BCUT2D eigenvalue weighted by atomic mass is 32.1. The Balaban J connectivity index is 1.60. The number of benzene rings is 2. The Morgan fingerprint density at radius 1 is 1.08 bits per heavy atom. The Kier molecular flexibility index (Phi) is 7.52. The fraction of sp³-hybridized carbons (Fsp3) is 0.316. The Morgan fingerprint density at radius 2 is 1.79 bits per heavy atom. The third kappa shape index (κ3) is 6.18. The molecule has 0 saturated heterocycles. The maximum absolute atomic E-state index is 5.84. The fourth-order valence-corrected chi connectivity index (χ4v) is 2.42. The second-order valence-corrected chi connectivity index (χ2v) is 5.79. The van der Waals surface area contributed by atoms with Crippen molar-refractivity contribution in [3.05, 3.63) is 60.2 Å². The average Bonchev–Trinajstić information content (AvgIpc) is 2.62. The summed E-state index contributed by atoms with van der Waals surface area (Å²) in [5.74, 6) is 0.823. The lowest BCUT2D eigenvalue weighted by Crippen LogP contribution is -2.29. The quantitative estimate of drug-likeness (QED) is 0.556. The molecule has 128 valence electrons. The largest absolute Gasteiger partial charge is 0.497 e. The van der Waals surface area contributed by atoms with Crippen molar-refractivity contribution in [1.82, 2.24) is 5.32 Å². The van der Waals surface area contributed by atoms with Crippen LogP contribution in [-0.4, -0.2) is 25.4 Å². The molecule has 4 nitrogen and oxygen atoms in total. The Hall–Kier alpha value is -2.11. The normalized spacial score (nSPS) is 11.6. The van der Waals surface area contributed by atoms with Crippen LogP contribution in [0.15, 0.2) is 54.6 Å². The van der Waals surface area contributed by atoms with Gasteiger partial charge in [0.25, 0.3) is 0 Å². The molecule has 0 aliphatic heterocycles. The molecule has 0 saturated carbocycles. The second-order valence-electron chi connectivity index (χ2n) is 5.39. The summed E-state index contributed by atoms with van der Waals surface area (Å²) in [7, 11) is 1.65. The minimum atomic E-state index is 0.107. The molecule has 0 aromatic heterocycles. The molecular weight excluding hydrogens is 320 g/mol. The molecule has 2 rings (SSSR count). The fourth-order valence-electron chi connectivity index (χ4n) is 2.20. The van der Waals surface area contributed by atoms with Gasteiger partial charge in [0.15, 0.2) is 5.11 Å². The summed E-state index contributed by atoms with van der Waals surface area (Å²) in [6.45, 7) is 3.52. The summed E-state index contributed by atoms with van der Waals surface area (Å²) in [5, 5.41) is 6.93. The first-order chi connectivity index (χ1) is 11.7. The summed E-state index contributed by atoms with van der Waals surface area (Å²) >= 11 is 5.28. The molecule has 0 heterocycles. The van der Waals surface area contributed by atoms with E-state index in [4.69, 9.17) is 21.7 Å². The lowest BCUT2D eigenvalue weighted by molar-refractivity contribution is 0.0646. The van der Waals surface area contributed by atoms with Crippen molar-refractivity contribution in [2.24, 2.45) is 0 Å². The van der Waals surface area contributed by atoms with Gasteiger partial charge in [-0.15, -0.1) is 0 Å². The zero-order chi connectivity index (χ0) is 17.2. The van der Waals surface area contributed by atoms with Gasteiger partial charge in [-0.05, 0) is 55.4 Å². The molecule has 0 aliphatic carbocycles. The van der Waals surface area contributed by atoms with Crippen LogP contribution in [0.2, 0.25) is 0 Å². The molecular formula is C19H24N2O2S. The molecule has 0 unspecified atom stereocenters. The molecule has 0 bridgehead atoms. The number of methoxy groups -OCH3 is 1. The van der Waals surface area contributed by atoms with Gasteiger partial charge in [-0.1, -0.05) is 30.3 Å². The van der Waals surface area contributed by atoms with Gasteiger partial charge < -0.3 is 20.1 Å². The number of nitrogens with one attached hydrogen (secondary N) is 2. The molecule has 2 N–H and O–H groups in total. The van der Waals surface area contributed by atoms with Crippen molar-refractivity contribution in [3.8, 4) is 5.75 Å². The highest BCUT2D eigenvalue weighted by molar-refractivity contribution is 7.80. The van der Waals surface area contributed by atoms with Gasteiger partial charge in [0.05, 0.1) is 13.2 Å². The van der Waals surface area contributed by atoms with Crippen LogP contribution in [0.1, 0.15) is 25.0 Å². The number of rotatable bonds is 8. The van der Waals surface area contributed by atoms with Gasteiger partial charge in [-0.3, -0.25) is 0 Å². The summed E-state index contributed by atoms with van der Waals surface area (Å²) in [5.41, 5.74) is 2.13. The second kappa shape index (κ2) is 9.90. The first-order valence-corrected chi connectivity index (χ1v) is 8.45. The molecule has 0 radical (unpaired) electrons. The third-order valence-corrected chi connectivity index (χ3v) is 3.84. The third-order valence-electron chi connectivity index (χ3n) is 3.59. The predicted molar refractivity (Wildman–Crippen MR) is 103 cm³/mol. The summed E-state index contributed by atoms with van der Waals surface area (Å²) in [6.07, 6.45) is 0.997. The van der Waals surface area contributed by atoms with Crippen molar-refractivity contribution in [1.29, 1.82) is 0 Å². The van der Waals surface area contributed by atoms with Crippen molar-refractivity contribution in [2.75, 3.05) is 25.6 Å². The number of thiocarbonyl (C=S) groups is 1. The number of hydrogen-bond donors (Lipinski definition) is 2. The average molecular weight is 344 g/mol. The first-order valence-electron chi connectivity index (χ1n) is 8.04. The van der Waals surface area contributed by atoms with E-state index >= 15 is 0 Å². The van der Waals surface area contributed by atoms with E-state index in [0.29, 0.717) is 11.7 Å². The molecule has 2 aromatic carbocycles. The maximum atomic E-state index is 5.84. The van der Waals surface area contributed by atoms with Crippen LogP contribution in [-0.2, 0) is 4.74 Å². The van der Waals surface area contributed by atoms with Gasteiger partial charge in [0.2, 0.25) is 0 Å².